The normalized spacial score (nSPS) is 11.3. The summed E-state index contributed by atoms with van der Waals surface area (Å²) in [4.78, 5) is 24.1. The molecule has 2 N–H and O–H groups in total. The summed E-state index contributed by atoms with van der Waals surface area (Å²) in [5, 5.41) is 20.8. The molecule has 0 radical (unpaired) electrons. The number of amides is 2. The Morgan fingerprint density at radius 1 is 1.08 bits per heavy atom. The van der Waals surface area contributed by atoms with E-state index in [0.29, 0.717) is 31.8 Å². The third-order valence-corrected chi connectivity index (χ3v) is 5.02. The van der Waals surface area contributed by atoms with E-state index in [1.54, 1.807) is 16.9 Å². The van der Waals surface area contributed by atoms with Crippen LogP contribution in [0.5, 0.6) is 5.75 Å². The zero-order valence-electron chi connectivity index (χ0n) is 20.3. The molecular formula is C23H25F4N7O4. The van der Waals surface area contributed by atoms with Gasteiger partial charge in [0.1, 0.15) is 11.6 Å². The van der Waals surface area contributed by atoms with Crippen LogP contribution in [0.15, 0.2) is 36.5 Å². The Kier molecular flexibility index (Phi) is 10.0. The van der Waals surface area contributed by atoms with E-state index >= 15 is 0 Å². The summed E-state index contributed by atoms with van der Waals surface area (Å²) in [6.45, 7) is 1.32. The summed E-state index contributed by atoms with van der Waals surface area (Å²) in [5.74, 6) is -2.37. The van der Waals surface area contributed by atoms with Gasteiger partial charge in [-0.2, -0.15) is 5.10 Å². The summed E-state index contributed by atoms with van der Waals surface area (Å²) >= 11 is 0. The molecular weight excluding hydrogens is 514 g/mol. The Labute approximate surface area is 214 Å². The lowest BCUT2D eigenvalue weighted by Crippen LogP contribution is -2.27. The van der Waals surface area contributed by atoms with E-state index < -0.39 is 30.3 Å². The first-order chi connectivity index (χ1) is 18.1. The third kappa shape index (κ3) is 9.38. The number of hydrogen-bond acceptors (Lipinski definition) is 8. The molecule has 0 saturated heterocycles. The molecule has 0 unspecified atom stereocenters. The quantitative estimate of drug-likeness (QED) is 0.250. The zero-order valence-corrected chi connectivity index (χ0v) is 20.3. The van der Waals surface area contributed by atoms with Crippen LogP contribution in [0.3, 0.4) is 0 Å². The standard InChI is InChI=1S/C23H25F4N7O4/c1-37-11-9-28-22(36)19-14-34(33-31-19)10-3-2-4-16-5-8-20(32-30-16)29-21(35)13-15-12-17(6-7-18(15)24)38-23(25,26)27/h5-8,12,14H,2-4,9-11,13H2,1H3,(H,28,36)(H,29,32,35). The van der Waals surface area contributed by atoms with Crippen LogP contribution in [-0.2, 0) is 28.9 Å². The Morgan fingerprint density at radius 2 is 1.89 bits per heavy atom. The Balaban J connectivity index is 1.41. The molecule has 2 amide bonds. The molecule has 0 bridgehead atoms. The minimum Gasteiger partial charge on any atom is -0.406 e. The van der Waals surface area contributed by atoms with Crippen molar-refractivity contribution in [2.75, 3.05) is 25.6 Å². The first-order valence-corrected chi connectivity index (χ1v) is 11.5. The minimum absolute atomic E-state index is 0.112. The number of nitrogens with one attached hydrogen (secondary N) is 2. The number of rotatable bonds is 13. The molecule has 0 atom stereocenters. The van der Waals surface area contributed by atoms with Crippen molar-refractivity contribution in [1.29, 1.82) is 0 Å². The van der Waals surface area contributed by atoms with Crippen LogP contribution >= 0.6 is 0 Å². The lowest BCUT2D eigenvalue weighted by atomic mass is 10.1. The lowest BCUT2D eigenvalue weighted by molar-refractivity contribution is -0.274. The van der Waals surface area contributed by atoms with E-state index in [2.05, 4.69) is 35.9 Å². The SMILES string of the molecule is COCCNC(=O)c1cn(CCCCc2ccc(NC(=O)Cc3cc(OC(F)(F)F)ccc3F)nn2)nn1. The fourth-order valence-corrected chi connectivity index (χ4v) is 3.25. The van der Waals surface area contributed by atoms with Crippen LogP contribution in [0.2, 0.25) is 0 Å². The average molecular weight is 539 g/mol. The summed E-state index contributed by atoms with van der Waals surface area (Å²) in [7, 11) is 1.54. The second-order valence-corrected chi connectivity index (χ2v) is 8.01. The molecule has 0 aliphatic carbocycles. The van der Waals surface area contributed by atoms with Crippen molar-refractivity contribution < 1.29 is 36.6 Å². The van der Waals surface area contributed by atoms with Crippen LogP contribution in [0, 0.1) is 5.82 Å². The molecule has 0 aliphatic rings. The zero-order chi connectivity index (χ0) is 27.5. The van der Waals surface area contributed by atoms with E-state index in [9.17, 15) is 27.2 Å². The molecule has 1 aromatic carbocycles. The van der Waals surface area contributed by atoms with Crippen LogP contribution in [0.4, 0.5) is 23.4 Å². The van der Waals surface area contributed by atoms with E-state index in [-0.39, 0.29) is 23.0 Å². The predicted octanol–water partition coefficient (Wildman–Crippen LogP) is 2.69. The molecule has 0 spiro atoms. The number of methoxy groups -OCH3 is 1. The van der Waals surface area contributed by atoms with Gasteiger partial charge in [-0.1, -0.05) is 5.21 Å². The number of ether oxygens (including phenoxy) is 2. The van der Waals surface area contributed by atoms with Gasteiger partial charge < -0.3 is 20.1 Å². The number of aryl methyl sites for hydroxylation is 2. The highest BCUT2D eigenvalue weighted by Gasteiger charge is 2.31. The molecule has 2 heterocycles. The van der Waals surface area contributed by atoms with Gasteiger partial charge in [0, 0.05) is 25.8 Å². The van der Waals surface area contributed by atoms with Gasteiger partial charge in [-0.15, -0.1) is 23.4 Å². The number of halogens is 4. The van der Waals surface area contributed by atoms with E-state index in [1.807, 2.05) is 0 Å². The van der Waals surface area contributed by atoms with Crippen molar-refractivity contribution in [3.63, 3.8) is 0 Å². The number of carbonyl (C=O) groups excluding carboxylic acids is 2. The second-order valence-electron chi connectivity index (χ2n) is 8.01. The van der Waals surface area contributed by atoms with Gasteiger partial charge in [0.05, 0.1) is 24.9 Å². The number of unbranched alkanes of at least 4 members (excludes halogenated alkanes) is 1. The highest BCUT2D eigenvalue weighted by atomic mass is 19.4. The number of nitrogens with zero attached hydrogens (tertiary/aromatic N) is 5. The Hall–Kier alpha value is -4.14. The number of carbonyl (C=O) groups is 2. The van der Waals surface area contributed by atoms with Gasteiger partial charge >= 0.3 is 6.36 Å². The lowest BCUT2D eigenvalue weighted by Gasteiger charge is -2.11. The predicted molar refractivity (Wildman–Crippen MR) is 125 cm³/mol. The summed E-state index contributed by atoms with van der Waals surface area (Å²) in [5.41, 5.74) is 0.623. The van der Waals surface area contributed by atoms with Gasteiger partial charge in [0.15, 0.2) is 11.5 Å². The molecule has 11 nitrogen and oxygen atoms in total. The first-order valence-electron chi connectivity index (χ1n) is 11.5. The number of hydrogen-bond donors (Lipinski definition) is 2. The fourth-order valence-electron chi connectivity index (χ4n) is 3.25. The number of alkyl halides is 3. The van der Waals surface area contributed by atoms with Crippen molar-refractivity contribution in [3.05, 3.63) is 59.3 Å². The minimum atomic E-state index is -4.93. The van der Waals surface area contributed by atoms with Crippen LogP contribution in [0.25, 0.3) is 0 Å². The van der Waals surface area contributed by atoms with Crippen molar-refractivity contribution in [2.24, 2.45) is 0 Å². The van der Waals surface area contributed by atoms with Crippen LogP contribution in [0.1, 0.15) is 34.6 Å². The van der Waals surface area contributed by atoms with E-state index in [0.717, 1.165) is 31.0 Å². The van der Waals surface area contributed by atoms with Gasteiger partial charge in [-0.25, -0.2) is 4.39 Å². The molecule has 0 fully saturated rings. The molecule has 3 aromatic rings. The average Bonchev–Trinajstić information content (AvgIpc) is 3.33. The maximum Gasteiger partial charge on any atom is 0.573 e. The van der Waals surface area contributed by atoms with Gasteiger partial charge in [0.2, 0.25) is 5.91 Å². The maximum atomic E-state index is 13.9. The first kappa shape index (κ1) is 28.4. The highest BCUT2D eigenvalue weighted by Crippen LogP contribution is 2.25. The third-order valence-electron chi connectivity index (χ3n) is 5.02. The van der Waals surface area contributed by atoms with Gasteiger partial charge in [0.25, 0.3) is 5.91 Å². The summed E-state index contributed by atoms with van der Waals surface area (Å²) in [6, 6.07) is 5.61. The molecule has 3 rings (SSSR count). The van der Waals surface area contributed by atoms with Crippen molar-refractivity contribution in [3.8, 4) is 5.75 Å². The second kappa shape index (κ2) is 13.4. The molecule has 204 valence electrons. The molecule has 0 saturated carbocycles. The maximum absolute atomic E-state index is 13.9. The largest absolute Gasteiger partial charge is 0.573 e. The number of benzene rings is 1. The van der Waals surface area contributed by atoms with Crippen molar-refractivity contribution in [1.82, 2.24) is 30.5 Å². The fraction of sp³-hybridized carbons (Fsp3) is 0.391. The van der Waals surface area contributed by atoms with Crippen LogP contribution < -0.4 is 15.4 Å². The number of anilines is 1. The Bertz CT molecular complexity index is 1220. The van der Waals surface area contributed by atoms with Crippen LogP contribution in [-0.4, -0.2) is 63.6 Å². The van der Waals surface area contributed by atoms with Gasteiger partial charge in [-0.05, 0) is 49.6 Å². The molecule has 0 aliphatic heterocycles. The molecule has 15 heteroatoms. The van der Waals surface area contributed by atoms with Crippen molar-refractivity contribution >= 4 is 17.6 Å². The Morgan fingerprint density at radius 3 is 2.61 bits per heavy atom. The van der Waals surface area contributed by atoms with E-state index in [1.165, 1.54) is 13.2 Å². The van der Waals surface area contributed by atoms with Gasteiger partial charge in [-0.3, -0.25) is 14.3 Å². The number of aromatic nitrogens is 5. The molecule has 2 aromatic heterocycles. The summed E-state index contributed by atoms with van der Waals surface area (Å²) in [6.07, 6.45) is -1.83. The summed E-state index contributed by atoms with van der Waals surface area (Å²) < 4.78 is 61.2. The monoisotopic (exact) mass is 539 g/mol. The smallest absolute Gasteiger partial charge is 0.406 e. The van der Waals surface area contributed by atoms with E-state index in [4.69, 9.17) is 4.74 Å². The molecule has 38 heavy (non-hydrogen) atoms. The van der Waals surface area contributed by atoms with Crippen molar-refractivity contribution in [2.45, 2.75) is 38.6 Å². The topological polar surface area (TPSA) is 133 Å². The highest BCUT2D eigenvalue weighted by molar-refractivity contribution is 5.92.